The molecule has 0 aliphatic carbocycles. The van der Waals surface area contributed by atoms with Crippen LogP contribution in [0.4, 0.5) is 5.69 Å². The van der Waals surface area contributed by atoms with Gasteiger partial charge in [0.1, 0.15) is 5.01 Å². The van der Waals surface area contributed by atoms with Crippen molar-refractivity contribution in [1.29, 1.82) is 0 Å². The van der Waals surface area contributed by atoms with Crippen molar-refractivity contribution in [2.45, 2.75) is 24.7 Å². The summed E-state index contributed by atoms with van der Waals surface area (Å²) in [5.74, 6) is -0.118. The summed E-state index contributed by atoms with van der Waals surface area (Å²) in [4.78, 5) is 17.0. The molecule has 2 aromatic carbocycles. The number of nitrogens with zero attached hydrogens (tertiary/aromatic N) is 1. The van der Waals surface area contributed by atoms with Gasteiger partial charge >= 0.3 is 0 Å². The minimum atomic E-state index is -3.22. The summed E-state index contributed by atoms with van der Waals surface area (Å²) in [6.45, 7) is 2.09. The molecule has 5 nitrogen and oxygen atoms in total. The van der Waals surface area contributed by atoms with Crippen LogP contribution in [-0.2, 0) is 27.5 Å². The number of benzene rings is 2. The first-order valence-corrected chi connectivity index (χ1v) is 11.3. The molecule has 1 amide bonds. The van der Waals surface area contributed by atoms with Crippen LogP contribution in [0.15, 0.2) is 58.8 Å². The first-order valence-electron chi connectivity index (χ1n) is 8.49. The molecule has 140 valence electrons. The number of hydrogen-bond acceptors (Lipinski definition) is 5. The van der Waals surface area contributed by atoms with Gasteiger partial charge in [-0.3, -0.25) is 4.79 Å². The Morgan fingerprint density at radius 2 is 1.74 bits per heavy atom. The largest absolute Gasteiger partial charge is 0.326 e. The van der Waals surface area contributed by atoms with Crippen LogP contribution in [0.2, 0.25) is 0 Å². The Balaban J connectivity index is 1.65. The maximum atomic E-state index is 12.2. The van der Waals surface area contributed by atoms with Crippen molar-refractivity contribution in [2.75, 3.05) is 11.6 Å². The van der Waals surface area contributed by atoms with Gasteiger partial charge in [-0.15, -0.1) is 11.3 Å². The number of carbonyl (C=O) groups is 1. The fraction of sp³-hybridized carbons (Fsp3) is 0.200. The van der Waals surface area contributed by atoms with Gasteiger partial charge in [0.25, 0.3) is 0 Å². The van der Waals surface area contributed by atoms with Gasteiger partial charge in [-0.1, -0.05) is 31.2 Å². The molecule has 3 aromatic rings. The zero-order chi connectivity index (χ0) is 19.4. The Bertz CT molecular complexity index is 1040. The molecule has 1 aromatic heterocycles. The first-order chi connectivity index (χ1) is 12.8. The highest BCUT2D eigenvalue weighted by Gasteiger charge is 2.11. The van der Waals surface area contributed by atoms with Crippen LogP contribution in [0.3, 0.4) is 0 Å². The molecule has 0 saturated heterocycles. The Labute approximate surface area is 163 Å². The second-order valence-corrected chi connectivity index (χ2v) is 9.16. The Kier molecular flexibility index (Phi) is 5.72. The summed E-state index contributed by atoms with van der Waals surface area (Å²) in [7, 11) is -3.22. The van der Waals surface area contributed by atoms with E-state index in [9.17, 15) is 13.2 Å². The quantitative estimate of drug-likeness (QED) is 0.680. The summed E-state index contributed by atoms with van der Waals surface area (Å²) < 4.78 is 23.1. The monoisotopic (exact) mass is 400 g/mol. The van der Waals surface area contributed by atoms with Crippen molar-refractivity contribution in [3.05, 3.63) is 64.5 Å². The molecule has 1 N–H and O–H groups in total. The van der Waals surface area contributed by atoms with Gasteiger partial charge in [-0.25, -0.2) is 13.4 Å². The number of aromatic nitrogens is 1. The predicted molar refractivity (Wildman–Crippen MR) is 109 cm³/mol. The molecule has 0 fully saturated rings. The SMILES string of the molecule is CCc1ccc(NC(=O)Cc2nc(-c3ccc(S(C)(=O)=O)cc3)cs2)cc1. The van der Waals surface area contributed by atoms with Crippen LogP contribution in [-0.4, -0.2) is 25.6 Å². The maximum absolute atomic E-state index is 12.2. The van der Waals surface area contributed by atoms with Crippen LogP contribution < -0.4 is 5.32 Å². The molecular weight excluding hydrogens is 380 g/mol. The van der Waals surface area contributed by atoms with E-state index < -0.39 is 9.84 Å². The summed E-state index contributed by atoms with van der Waals surface area (Å²) >= 11 is 1.41. The van der Waals surface area contributed by atoms with Gasteiger partial charge in [-0.05, 0) is 36.2 Å². The first kappa shape index (κ1) is 19.3. The molecular formula is C20H20N2O3S2. The molecule has 0 radical (unpaired) electrons. The van der Waals surface area contributed by atoms with Crippen LogP contribution in [0.25, 0.3) is 11.3 Å². The highest BCUT2D eigenvalue weighted by molar-refractivity contribution is 7.90. The molecule has 7 heteroatoms. The van der Waals surface area contributed by atoms with Gasteiger partial charge in [-0.2, -0.15) is 0 Å². The smallest absolute Gasteiger partial charge is 0.231 e. The number of amides is 1. The lowest BCUT2D eigenvalue weighted by atomic mass is 10.1. The van der Waals surface area contributed by atoms with Crippen molar-refractivity contribution in [3.63, 3.8) is 0 Å². The molecule has 27 heavy (non-hydrogen) atoms. The number of aryl methyl sites for hydroxylation is 1. The van der Waals surface area contributed by atoms with Crippen molar-refractivity contribution in [1.82, 2.24) is 4.98 Å². The average molecular weight is 401 g/mol. The number of thiazole rings is 1. The fourth-order valence-electron chi connectivity index (χ4n) is 2.56. The standard InChI is InChI=1S/C20H20N2O3S2/c1-3-14-4-8-16(9-5-14)21-19(23)12-20-22-18(13-26-20)15-6-10-17(11-7-15)27(2,24)25/h4-11,13H,3,12H2,1-2H3,(H,21,23). The third-order valence-corrected chi connectivity index (χ3v) is 6.06. The van der Waals surface area contributed by atoms with Crippen LogP contribution in [0.5, 0.6) is 0 Å². The Hall–Kier alpha value is -2.51. The van der Waals surface area contributed by atoms with E-state index in [4.69, 9.17) is 0 Å². The fourth-order valence-corrected chi connectivity index (χ4v) is 4.00. The van der Waals surface area contributed by atoms with Gasteiger partial charge < -0.3 is 5.32 Å². The normalized spacial score (nSPS) is 11.3. The second-order valence-electron chi connectivity index (χ2n) is 6.20. The minimum Gasteiger partial charge on any atom is -0.326 e. The lowest BCUT2D eigenvalue weighted by Crippen LogP contribution is -2.14. The Morgan fingerprint density at radius 1 is 1.07 bits per heavy atom. The molecule has 0 saturated carbocycles. The second kappa shape index (κ2) is 8.02. The number of anilines is 1. The van der Waals surface area contributed by atoms with E-state index in [-0.39, 0.29) is 17.2 Å². The number of sulfone groups is 1. The van der Waals surface area contributed by atoms with E-state index in [2.05, 4.69) is 17.2 Å². The van der Waals surface area contributed by atoms with Gasteiger partial charge in [0.05, 0.1) is 17.0 Å². The van der Waals surface area contributed by atoms with E-state index in [1.54, 1.807) is 24.3 Å². The zero-order valence-electron chi connectivity index (χ0n) is 15.1. The average Bonchev–Trinajstić information content (AvgIpc) is 3.10. The van der Waals surface area contributed by atoms with Crippen molar-refractivity contribution in [2.24, 2.45) is 0 Å². The van der Waals surface area contributed by atoms with E-state index in [1.165, 1.54) is 23.2 Å². The lowest BCUT2D eigenvalue weighted by molar-refractivity contribution is -0.115. The van der Waals surface area contributed by atoms with Crippen LogP contribution in [0, 0.1) is 0 Å². The molecule has 0 aliphatic heterocycles. The van der Waals surface area contributed by atoms with Gasteiger partial charge in [0.15, 0.2) is 9.84 Å². The Morgan fingerprint density at radius 3 is 2.33 bits per heavy atom. The van der Waals surface area contributed by atoms with E-state index in [0.29, 0.717) is 5.01 Å². The third kappa shape index (κ3) is 5.02. The predicted octanol–water partition coefficient (Wildman–Crippen LogP) is 3.96. The summed E-state index contributed by atoms with van der Waals surface area (Å²) in [6, 6.07) is 14.4. The van der Waals surface area contributed by atoms with E-state index in [0.717, 1.165) is 23.4 Å². The number of nitrogens with one attached hydrogen (secondary N) is 1. The van der Waals surface area contributed by atoms with E-state index >= 15 is 0 Å². The van der Waals surface area contributed by atoms with Crippen molar-refractivity contribution < 1.29 is 13.2 Å². The third-order valence-electron chi connectivity index (χ3n) is 4.09. The van der Waals surface area contributed by atoms with Crippen molar-refractivity contribution in [3.8, 4) is 11.3 Å². The van der Waals surface area contributed by atoms with Gasteiger partial charge in [0, 0.05) is 22.9 Å². The lowest BCUT2D eigenvalue weighted by Gasteiger charge is -2.05. The van der Waals surface area contributed by atoms with Crippen molar-refractivity contribution >= 4 is 32.8 Å². The molecule has 1 heterocycles. The number of rotatable bonds is 6. The minimum absolute atomic E-state index is 0.118. The summed E-state index contributed by atoms with van der Waals surface area (Å²) in [5, 5.41) is 5.45. The van der Waals surface area contributed by atoms with Crippen LogP contribution >= 0.6 is 11.3 Å². The summed E-state index contributed by atoms with van der Waals surface area (Å²) in [5.41, 5.74) is 3.54. The summed E-state index contributed by atoms with van der Waals surface area (Å²) in [6.07, 6.45) is 2.33. The maximum Gasteiger partial charge on any atom is 0.231 e. The molecule has 3 rings (SSSR count). The van der Waals surface area contributed by atoms with Crippen LogP contribution in [0.1, 0.15) is 17.5 Å². The van der Waals surface area contributed by atoms with E-state index in [1.807, 2.05) is 29.6 Å². The topological polar surface area (TPSA) is 76.1 Å². The highest BCUT2D eigenvalue weighted by Crippen LogP contribution is 2.24. The molecule has 0 unspecified atom stereocenters. The number of hydrogen-bond donors (Lipinski definition) is 1. The molecule has 0 atom stereocenters. The van der Waals surface area contributed by atoms with Gasteiger partial charge in [0.2, 0.25) is 5.91 Å². The zero-order valence-corrected chi connectivity index (χ0v) is 16.7. The highest BCUT2D eigenvalue weighted by atomic mass is 32.2. The number of carbonyl (C=O) groups excluding carboxylic acids is 1. The molecule has 0 spiro atoms. The molecule has 0 aliphatic rings. The molecule has 0 bridgehead atoms.